The Morgan fingerprint density at radius 2 is 2.12 bits per heavy atom. The highest BCUT2D eigenvalue weighted by atomic mass is 16.1. The van der Waals surface area contributed by atoms with E-state index in [1.54, 1.807) is 6.07 Å². The maximum Gasteiger partial charge on any atom is 0.140 e. The molecule has 1 aromatic carbocycles. The molecule has 0 N–H and O–H groups in total. The highest BCUT2D eigenvalue weighted by molar-refractivity contribution is 5.85. The number of hydrogen-bond acceptors (Lipinski definition) is 2. The Morgan fingerprint density at radius 3 is 2.65 bits per heavy atom. The number of benzene rings is 1. The lowest BCUT2D eigenvalue weighted by Gasteiger charge is -2.17. The Labute approximate surface area is 103 Å². The van der Waals surface area contributed by atoms with Gasteiger partial charge in [0, 0.05) is 12.3 Å². The van der Waals surface area contributed by atoms with Gasteiger partial charge in [0.05, 0.1) is 11.6 Å². The molecule has 90 valence electrons. The standard InChI is InChI=1S/C15H19NO/c1-4-15(17)14(8-11(2)3)13-7-5-6-12(9-13)10-16/h5-7,9,11,14H,4,8H2,1-3H3. The number of hydrogen-bond donors (Lipinski definition) is 0. The number of ketones is 1. The number of nitrogens with zero attached hydrogens (tertiary/aromatic N) is 1. The predicted octanol–water partition coefficient (Wildman–Crippen LogP) is 3.67. The number of carbonyl (C=O) groups is 1. The van der Waals surface area contributed by atoms with E-state index in [2.05, 4.69) is 19.9 Å². The van der Waals surface area contributed by atoms with Crippen LogP contribution in [0.4, 0.5) is 0 Å². The van der Waals surface area contributed by atoms with Gasteiger partial charge in [0.15, 0.2) is 0 Å². The van der Waals surface area contributed by atoms with Crippen molar-refractivity contribution in [2.45, 2.75) is 39.5 Å². The van der Waals surface area contributed by atoms with Crippen molar-refractivity contribution in [2.24, 2.45) is 5.92 Å². The Balaban J connectivity index is 3.04. The van der Waals surface area contributed by atoms with E-state index >= 15 is 0 Å². The summed E-state index contributed by atoms with van der Waals surface area (Å²) in [6, 6.07) is 9.52. The summed E-state index contributed by atoms with van der Waals surface area (Å²) < 4.78 is 0. The van der Waals surface area contributed by atoms with Gasteiger partial charge < -0.3 is 0 Å². The molecular formula is C15H19NO. The molecule has 0 saturated heterocycles. The molecule has 1 unspecified atom stereocenters. The van der Waals surface area contributed by atoms with E-state index in [0.29, 0.717) is 17.9 Å². The number of nitriles is 1. The van der Waals surface area contributed by atoms with Crippen LogP contribution in [0.1, 0.15) is 50.7 Å². The number of rotatable bonds is 5. The highest BCUT2D eigenvalue weighted by Crippen LogP contribution is 2.26. The van der Waals surface area contributed by atoms with Gasteiger partial charge in [0.25, 0.3) is 0 Å². The van der Waals surface area contributed by atoms with Crippen LogP contribution in [0.5, 0.6) is 0 Å². The zero-order chi connectivity index (χ0) is 12.8. The molecule has 0 fully saturated rings. The lowest BCUT2D eigenvalue weighted by Crippen LogP contribution is -2.14. The third kappa shape index (κ3) is 3.71. The fraction of sp³-hybridized carbons (Fsp3) is 0.467. The van der Waals surface area contributed by atoms with Crippen molar-refractivity contribution in [3.05, 3.63) is 35.4 Å². The molecule has 0 aliphatic heterocycles. The van der Waals surface area contributed by atoms with Gasteiger partial charge in [-0.15, -0.1) is 0 Å². The minimum absolute atomic E-state index is 0.0618. The van der Waals surface area contributed by atoms with Gasteiger partial charge >= 0.3 is 0 Å². The normalized spacial score (nSPS) is 12.2. The Morgan fingerprint density at radius 1 is 1.41 bits per heavy atom. The summed E-state index contributed by atoms with van der Waals surface area (Å²) in [5.41, 5.74) is 1.60. The van der Waals surface area contributed by atoms with E-state index in [-0.39, 0.29) is 11.7 Å². The lowest BCUT2D eigenvalue weighted by atomic mass is 9.85. The molecule has 0 amide bonds. The van der Waals surface area contributed by atoms with Gasteiger partial charge in [0.2, 0.25) is 0 Å². The van der Waals surface area contributed by atoms with Crippen LogP contribution >= 0.6 is 0 Å². The molecule has 0 heterocycles. The molecule has 0 aromatic heterocycles. The van der Waals surface area contributed by atoms with Crippen LogP contribution in [0, 0.1) is 17.2 Å². The molecule has 2 nitrogen and oxygen atoms in total. The zero-order valence-electron chi connectivity index (χ0n) is 10.7. The Kier molecular flexibility index (Phi) is 4.90. The van der Waals surface area contributed by atoms with Gasteiger partial charge in [-0.2, -0.15) is 5.26 Å². The van der Waals surface area contributed by atoms with Crippen LogP contribution in [0.2, 0.25) is 0 Å². The van der Waals surface area contributed by atoms with Crippen LogP contribution < -0.4 is 0 Å². The highest BCUT2D eigenvalue weighted by Gasteiger charge is 2.20. The maximum absolute atomic E-state index is 12.0. The van der Waals surface area contributed by atoms with E-state index in [4.69, 9.17) is 5.26 Å². The quantitative estimate of drug-likeness (QED) is 0.773. The second-order valence-corrected chi connectivity index (χ2v) is 4.74. The summed E-state index contributed by atoms with van der Waals surface area (Å²) in [4.78, 5) is 12.0. The fourth-order valence-electron chi connectivity index (χ4n) is 2.00. The predicted molar refractivity (Wildman–Crippen MR) is 68.7 cm³/mol. The molecule has 1 rings (SSSR count). The van der Waals surface area contributed by atoms with E-state index in [9.17, 15) is 4.79 Å². The van der Waals surface area contributed by atoms with Crippen LogP contribution in [-0.2, 0) is 4.79 Å². The summed E-state index contributed by atoms with van der Waals surface area (Å²) in [5, 5.41) is 8.89. The van der Waals surface area contributed by atoms with Crippen molar-refractivity contribution < 1.29 is 4.79 Å². The van der Waals surface area contributed by atoms with Crippen molar-refractivity contribution in [3.63, 3.8) is 0 Å². The van der Waals surface area contributed by atoms with Crippen molar-refractivity contribution in [2.75, 3.05) is 0 Å². The average molecular weight is 229 g/mol. The van der Waals surface area contributed by atoms with Gasteiger partial charge in [-0.25, -0.2) is 0 Å². The van der Waals surface area contributed by atoms with E-state index in [1.807, 2.05) is 25.1 Å². The second kappa shape index (κ2) is 6.20. The van der Waals surface area contributed by atoms with E-state index < -0.39 is 0 Å². The average Bonchev–Trinajstić information content (AvgIpc) is 2.35. The second-order valence-electron chi connectivity index (χ2n) is 4.74. The molecule has 1 aromatic rings. The van der Waals surface area contributed by atoms with Gasteiger partial charge in [-0.05, 0) is 30.0 Å². The molecule has 0 spiro atoms. The molecule has 0 radical (unpaired) electrons. The van der Waals surface area contributed by atoms with Gasteiger partial charge in [-0.1, -0.05) is 32.9 Å². The van der Waals surface area contributed by atoms with Crippen molar-refractivity contribution in [3.8, 4) is 6.07 Å². The summed E-state index contributed by atoms with van der Waals surface area (Å²) >= 11 is 0. The monoisotopic (exact) mass is 229 g/mol. The van der Waals surface area contributed by atoms with Gasteiger partial charge in [0.1, 0.15) is 5.78 Å². The first kappa shape index (κ1) is 13.4. The summed E-state index contributed by atoms with van der Waals surface area (Å²) in [6.45, 7) is 6.12. The van der Waals surface area contributed by atoms with Crippen molar-refractivity contribution in [1.82, 2.24) is 0 Å². The SMILES string of the molecule is CCC(=O)C(CC(C)C)c1cccc(C#N)c1. The molecule has 1 atom stereocenters. The Bertz CT molecular complexity index is 429. The summed E-state index contributed by atoms with van der Waals surface area (Å²) in [7, 11) is 0. The summed E-state index contributed by atoms with van der Waals surface area (Å²) in [5.74, 6) is 0.670. The van der Waals surface area contributed by atoms with Gasteiger partial charge in [-0.3, -0.25) is 4.79 Å². The maximum atomic E-state index is 12.0. The first-order valence-corrected chi connectivity index (χ1v) is 6.11. The van der Waals surface area contributed by atoms with Crippen LogP contribution in [0.25, 0.3) is 0 Å². The first-order valence-electron chi connectivity index (χ1n) is 6.11. The van der Waals surface area contributed by atoms with E-state index in [1.165, 1.54) is 0 Å². The number of carbonyl (C=O) groups excluding carboxylic acids is 1. The van der Waals surface area contributed by atoms with E-state index in [0.717, 1.165) is 12.0 Å². The lowest BCUT2D eigenvalue weighted by molar-refractivity contribution is -0.120. The third-order valence-corrected chi connectivity index (χ3v) is 2.86. The minimum Gasteiger partial charge on any atom is -0.299 e. The topological polar surface area (TPSA) is 40.9 Å². The third-order valence-electron chi connectivity index (χ3n) is 2.86. The smallest absolute Gasteiger partial charge is 0.140 e. The fourth-order valence-corrected chi connectivity index (χ4v) is 2.00. The van der Waals surface area contributed by atoms with Crippen LogP contribution in [0.3, 0.4) is 0 Å². The molecule has 17 heavy (non-hydrogen) atoms. The Hall–Kier alpha value is -1.62. The minimum atomic E-state index is -0.0618. The number of Topliss-reactive ketones (excluding diaryl/α,β-unsaturated/α-hetero) is 1. The largest absolute Gasteiger partial charge is 0.299 e. The molecule has 0 aliphatic rings. The molecule has 2 heteroatoms. The van der Waals surface area contributed by atoms with Crippen LogP contribution in [-0.4, -0.2) is 5.78 Å². The molecular weight excluding hydrogens is 210 g/mol. The molecule has 0 saturated carbocycles. The first-order chi connectivity index (χ1) is 8.08. The summed E-state index contributed by atoms with van der Waals surface area (Å²) in [6.07, 6.45) is 1.40. The molecule has 0 aliphatic carbocycles. The molecule has 0 bridgehead atoms. The zero-order valence-corrected chi connectivity index (χ0v) is 10.7. The van der Waals surface area contributed by atoms with Crippen molar-refractivity contribution in [1.29, 1.82) is 5.26 Å². The van der Waals surface area contributed by atoms with Crippen LogP contribution in [0.15, 0.2) is 24.3 Å². The van der Waals surface area contributed by atoms with Crippen molar-refractivity contribution >= 4 is 5.78 Å².